The van der Waals surface area contributed by atoms with Crippen LogP contribution in [0.5, 0.6) is 0 Å². The van der Waals surface area contributed by atoms with Crippen molar-refractivity contribution in [3.63, 3.8) is 0 Å². The summed E-state index contributed by atoms with van der Waals surface area (Å²) >= 11 is 11.2. The molecule has 1 saturated carbocycles. The summed E-state index contributed by atoms with van der Waals surface area (Å²) in [5.74, 6) is 0.849. The van der Waals surface area contributed by atoms with Crippen molar-refractivity contribution in [3.05, 3.63) is 28.8 Å². The van der Waals surface area contributed by atoms with E-state index in [9.17, 15) is 0 Å². The first-order chi connectivity index (χ1) is 8.49. The minimum absolute atomic E-state index is 0.352. The maximum atomic E-state index is 6.23. The molecule has 2 nitrogen and oxygen atoms in total. The highest BCUT2D eigenvalue weighted by atomic mass is 35.5. The van der Waals surface area contributed by atoms with Crippen LogP contribution < -0.4 is 10.6 Å². The average Bonchev–Trinajstić information content (AvgIpc) is 3.08. The van der Waals surface area contributed by atoms with Gasteiger partial charge in [0.05, 0.1) is 5.02 Å². The number of nitrogens with two attached hydrogens (primary N) is 1. The second kappa shape index (κ2) is 5.45. The zero-order valence-electron chi connectivity index (χ0n) is 10.8. The number of benzene rings is 1. The quantitative estimate of drug-likeness (QED) is 0.837. The van der Waals surface area contributed by atoms with Gasteiger partial charge in [0.1, 0.15) is 4.99 Å². The summed E-state index contributed by atoms with van der Waals surface area (Å²) in [4.78, 5) is 2.75. The van der Waals surface area contributed by atoms with E-state index >= 15 is 0 Å². The molecule has 4 heteroatoms. The molecule has 1 aromatic rings. The Kier molecular flexibility index (Phi) is 4.13. The number of hydrogen-bond acceptors (Lipinski definition) is 2. The topological polar surface area (TPSA) is 29.3 Å². The van der Waals surface area contributed by atoms with Crippen molar-refractivity contribution in [2.75, 3.05) is 11.4 Å². The maximum absolute atomic E-state index is 6.23. The largest absolute Gasteiger partial charge is 0.389 e. The second-order valence-corrected chi connectivity index (χ2v) is 6.06. The fourth-order valence-corrected chi connectivity index (χ4v) is 2.59. The van der Waals surface area contributed by atoms with E-state index in [1.807, 2.05) is 12.1 Å². The van der Waals surface area contributed by atoms with Gasteiger partial charge in [-0.2, -0.15) is 0 Å². The van der Waals surface area contributed by atoms with Crippen molar-refractivity contribution in [2.45, 2.75) is 32.7 Å². The molecule has 0 aromatic heterocycles. The highest BCUT2D eigenvalue weighted by molar-refractivity contribution is 7.80. The second-order valence-electron chi connectivity index (χ2n) is 5.22. The molecule has 0 amide bonds. The van der Waals surface area contributed by atoms with Gasteiger partial charge in [-0.1, -0.05) is 23.8 Å². The zero-order chi connectivity index (χ0) is 13.3. The van der Waals surface area contributed by atoms with Gasteiger partial charge in [-0.05, 0) is 50.8 Å². The molecule has 0 heterocycles. The molecule has 2 rings (SSSR count). The van der Waals surface area contributed by atoms with Crippen molar-refractivity contribution < 1.29 is 0 Å². The van der Waals surface area contributed by atoms with E-state index in [2.05, 4.69) is 24.8 Å². The third kappa shape index (κ3) is 3.15. The minimum atomic E-state index is 0.352. The van der Waals surface area contributed by atoms with E-state index < -0.39 is 0 Å². The van der Waals surface area contributed by atoms with Crippen LogP contribution in [-0.2, 0) is 0 Å². The normalized spacial score (nSPS) is 14.9. The van der Waals surface area contributed by atoms with Crippen LogP contribution in [0.4, 0.5) is 5.69 Å². The Morgan fingerprint density at radius 1 is 1.50 bits per heavy atom. The fraction of sp³-hybridized carbons (Fsp3) is 0.500. The molecule has 2 N–H and O–H groups in total. The molecular formula is C14H19ClN2S. The Bertz CT molecular complexity index is 455. The zero-order valence-corrected chi connectivity index (χ0v) is 12.4. The van der Waals surface area contributed by atoms with Gasteiger partial charge in [-0.15, -0.1) is 0 Å². The van der Waals surface area contributed by atoms with Crippen LogP contribution in [0, 0.1) is 5.92 Å². The molecule has 0 spiro atoms. The number of halogens is 1. The minimum Gasteiger partial charge on any atom is -0.389 e. The molecule has 1 aromatic carbocycles. The lowest BCUT2D eigenvalue weighted by Crippen LogP contribution is -2.32. The number of rotatable bonds is 5. The molecule has 1 fully saturated rings. The fourth-order valence-electron chi connectivity index (χ4n) is 2.08. The molecule has 98 valence electrons. The first-order valence-corrected chi connectivity index (χ1v) is 7.13. The van der Waals surface area contributed by atoms with E-state index in [4.69, 9.17) is 29.6 Å². The van der Waals surface area contributed by atoms with Crippen LogP contribution in [0.25, 0.3) is 0 Å². The number of hydrogen-bond donors (Lipinski definition) is 1. The van der Waals surface area contributed by atoms with Crippen LogP contribution in [0.1, 0.15) is 32.3 Å². The van der Waals surface area contributed by atoms with Crippen LogP contribution in [0.2, 0.25) is 5.02 Å². The van der Waals surface area contributed by atoms with Gasteiger partial charge >= 0.3 is 0 Å². The first-order valence-electron chi connectivity index (χ1n) is 6.35. The third-order valence-electron chi connectivity index (χ3n) is 3.32. The molecule has 0 radical (unpaired) electrons. The highest BCUT2D eigenvalue weighted by Gasteiger charge is 2.25. The van der Waals surface area contributed by atoms with Gasteiger partial charge in [0, 0.05) is 23.8 Å². The maximum Gasteiger partial charge on any atom is 0.105 e. The standard InChI is InChI=1S/C14H19ClN2S/c1-9(2)17(8-10-3-4-10)11-5-6-12(14(16)18)13(15)7-11/h5-7,9-10H,3-4,8H2,1-2H3,(H2,16,18). The predicted molar refractivity (Wildman–Crippen MR) is 82.5 cm³/mol. The Morgan fingerprint density at radius 2 is 2.17 bits per heavy atom. The Labute approximate surface area is 119 Å². The molecule has 0 saturated heterocycles. The lowest BCUT2D eigenvalue weighted by atomic mass is 10.1. The monoisotopic (exact) mass is 282 g/mol. The van der Waals surface area contributed by atoms with Gasteiger partial charge in [0.2, 0.25) is 0 Å². The highest BCUT2D eigenvalue weighted by Crippen LogP contribution is 2.33. The summed E-state index contributed by atoms with van der Waals surface area (Å²) in [6.07, 6.45) is 2.70. The molecular weight excluding hydrogens is 264 g/mol. The average molecular weight is 283 g/mol. The van der Waals surface area contributed by atoms with Crippen molar-refractivity contribution in [2.24, 2.45) is 11.7 Å². The van der Waals surface area contributed by atoms with E-state index in [0.29, 0.717) is 16.1 Å². The van der Waals surface area contributed by atoms with Gasteiger partial charge in [-0.25, -0.2) is 0 Å². The van der Waals surface area contributed by atoms with Crippen LogP contribution in [0.15, 0.2) is 18.2 Å². The molecule has 1 aliphatic carbocycles. The number of thiocarbonyl (C=S) groups is 1. The number of nitrogens with zero attached hydrogens (tertiary/aromatic N) is 1. The van der Waals surface area contributed by atoms with Crippen molar-refractivity contribution in [3.8, 4) is 0 Å². The van der Waals surface area contributed by atoms with Crippen molar-refractivity contribution in [1.82, 2.24) is 0 Å². The van der Waals surface area contributed by atoms with Crippen LogP contribution >= 0.6 is 23.8 Å². The Morgan fingerprint density at radius 3 is 2.61 bits per heavy atom. The first kappa shape index (κ1) is 13.6. The molecule has 0 bridgehead atoms. The van der Waals surface area contributed by atoms with Gasteiger partial charge < -0.3 is 10.6 Å². The third-order valence-corrected chi connectivity index (χ3v) is 3.86. The van der Waals surface area contributed by atoms with E-state index in [0.717, 1.165) is 23.7 Å². The van der Waals surface area contributed by atoms with Crippen molar-refractivity contribution >= 4 is 34.5 Å². The van der Waals surface area contributed by atoms with Gasteiger partial charge in [0.25, 0.3) is 0 Å². The molecule has 1 aliphatic rings. The van der Waals surface area contributed by atoms with Gasteiger partial charge in [-0.3, -0.25) is 0 Å². The molecule has 0 unspecified atom stereocenters. The summed E-state index contributed by atoms with van der Waals surface area (Å²) in [5, 5.41) is 0.640. The van der Waals surface area contributed by atoms with Crippen LogP contribution in [-0.4, -0.2) is 17.6 Å². The summed E-state index contributed by atoms with van der Waals surface area (Å²) in [6.45, 7) is 5.52. The van der Waals surface area contributed by atoms with E-state index in [-0.39, 0.29) is 0 Å². The SMILES string of the molecule is CC(C)N(CC1CC1)c1ccc(C(N)=S)c(Cl)c1. The van der Waals surface area contributed by atoms with Crippen LogP contribution in [0.3, 0.4) is 0 Å². The summed E-state index contributed by atoms with van der Waals surface area (Å²) in [7, 11) is 0. The van der Waals surface area contributed by atoms with Crippen molar-refractivity contribution in [1.29, 1.82) is 0 Å². The summed E-state index contributed by atoms with van der Waals surface area (Å²) < 4.78 is 0. The smallest absolute Gasteiger partial charge is 0.105 e. The Hall–Kier alpha value is -0.800. The lowest BCUT2D eigenvalue weighted by molar-refractivity contribution is 0.645. The summed E-state index contributed by atoms with van der Waals surface area (Å²) in [6, 6.07) is 6.42. The molecule has 0 aliphatic heterocycles. The molecule has 18 heavy (non-hydrogen) atoms. The van der Waals surface area contributed by atoms with Gasteiger partial charge in [0.15, 0.2) is 0 Å². The molecule has 0 atom stereocenters. The Balaban J connectivity index is 2.24. The lowest BCUT2D eigenvalue weighted by Gasteiger charge is -2.29. The van der Waals surface area contributed by atoms with E-state index in [1.165, 1.54) is 12.8 Å². The van der Waals surface area contributed by atoms with E-state index in [1.54, 1.807) is 0 Å². The number of anilines is 1. The summed E-state index contributed by atoms with van der Waals surface area (Å²) in [5.41, 5.74) is 7.53. The predicted octanol–water partition coefficient (Wildman–Crippen LogP) is 3.60.